The minimum Gasteiger partial charge on any atom is -0.296 e. The summed E-state index contributed by atoms with van der Waals surface area (Å²) in [5.41, 5.74) is -0.597. The van der Waals surface area contributed by atoms with E-state index in [0.29, 0.717) is 10.2 Å². The smallest absolute Gasteiger partial charge is 0.296 e. The monoisotopic (exact) mass is 366 g/mol. The average molecular weight is 367 g/mol. The molecule has 2 aromatic rings. The zero-order chi connectivity index (χ0) is 17.5. The molecule has 0 saturated carbocycles. The Morgan fingerprint density at radius 3 is 2.35 bits per heavy atom. The van der Waals surface area contributed by atoms with Crippen molar-refractivity contribution in [2.75, 3.05) is 6.26 Å². The van der Waals surface area contributed by atoms with Crippen LogP contribution in [0.15, 0.2) is 41.8 Å². The first kappa shape index (κ1) is 19.2. The van der Waals surface area contributed by atoms with Crippen LogP contribution in [-0.2, 0) is 11.1 Å². The number of halogens is 4. The van der Waals surface area contributed by atoms with Gasteiger partial charge in [0.05, 0.1) is 11.1 Å². The number of alkyl halides is 3. The second-order valence-electron chi connectivity index (χ2n) is 3.85. The fraction of sp³-hybridized carbons (Fsp3) is 0.154. The van der Waals surface area contributed by atoms with Gasteiger partial charge in [-0.1, -0.05) is 29.4 Å². The minimum absolute atomic E-state index is 0.222. The van der Waals surface area contributed by atoms with Gasteiger partial charge in [-0.15, -0.1) is 0 Å². The standard InChI is InChI=1S/C7H5ClO3.C6H5F3N2S/c8-6-3-1-2-5(4-6)7(9)11-10;1-12-5-10-2-4(3-11-5)6(7,8)9/h1-4,10H;2-3H,1H3. The zero-order valence-electron chi connectivity index (χ0n) is 11.5. The van der Waals surface area contributed by atoms with E-state index >= 15 is 0 Å². The highest BCUT2D eigenvalue weighted by Crippen LogP contribution is 2.28. The number of aromatic nitrogens is 2. The van der Waals surface area contributed by atoms with E-state index in [1.165, 1.54) is 23.9 Å². The van der Waals surface area contributed by atoms with E-state index in [1.54, 1.807) is 18.4 Å². The molecular weight excluding hydrogens is 357 g/mol. The normalized spacial score (nSPS) is 10.5. The summed E-state index contributed by atoms with van der Waals surface area (Å²) < 4.78 is 35.8. The molecule has 0 aliphatic rings. The maximum Gasteiger partial charge on any atom is 0.419 e. The summed E-state index contributed by atoms with van der Waals surface area (Å²) in [5.74, 6) is -0.813. The van der Waals surface area contributed by atoms with Crippen molar-refractivity contribution < 1.29 is 28.1 Å². The van der Waals surface area contributed by atoms with E-state index in [0.717, 1.165) is 12.4 Å². The van der Waals surface area contributed by atoms with Gasteiger partial charge in [0.1, 0.15) is 0 Å². The third-order valence-corrected chi connectivity index (χ3v) is 3.09. The maximum atomic E-state index is 11.9. The van der Waals surface area contributed by atoms with Gasteiger partial charge in [0.15, 0.2) is 5.16 Å². The Morgan fingerprint density at radius 2 is 1.91 bits per heavy atom. The van der Waals surface area contributed by atoms with Crippen LogP contribution in [0.25, 0.3) is 0 Å². The molecule has 1 aromatic heterocycles. The summed E-state index contributed by atoms with van der Waals surface area (Å²) in [6, 6.07) is 6.11. The lowest BCUT2D eigenvalue weighted by Crippen LogP contribution is -2.06. The van der Waals surface area contributed by atoms with Crippen LogP contribution in [0, 0.1) is 0 Å². The quantitative estimate of drug-likeness (QED) is 0.372. The van der Waals surface area contributed by atoms with Crippen molar-refractivity contribution >= 4 is 29.3 Å². The molecule has 1 heterocycles. The summed E-state index contributed by atoms with van der Waals surface area (Å²) in [6.07, 6.45) is -1.10. The molecule has 5 nitrogen and oxygen atoms in total. The van der Waals surface area contributed by atoms with Crippen LogP contribution in [0.2, 0.25) is 5.02 Å². The molecule has 10 heteroatoms. The molecule has 0 radical (unpaired) electrons. The number of hydrogen-bond donors (Lipinski definition) is 1. The lowest BCUT2D eigenvalue weighted by atomic mass is 10.2. The van der Waals surface area contributed by atoms with E-state index < -0.39 is 17.7 Å². The Kier molecular flexibility index (Phi) is 7.27. The van der Waals surface area contributed by atoms with Crippen molar-refractivity contribution in [2.45, 2.75) is 11.3 Å². The van der Waals surface area contributed by atoms with Gasteiger partial charge in [-0.3, -0.25) is 4.89 Å². The van der Waals surface area contributed by atoms with Crippen molar-refractivity contribution in [3.8, 4) is 0 Å². The predicted octanol–water partition coefficient (Wildman–Crippen LogP) is 4.19. The molecule has 1 aromatic carbocycles. The second-order valence-corrected chi connectivity index (χ2v) is 5.06. The van der Waals surface area contributed by atoms with Gasteiger partial charge in [-0.2, -0.15) is 18.4 Å². The number of carbonyl (C=O) groups is 1. The molecule has 0 fully saturated rings. The Hall–Kier alpha value is -1.84. The van der Waals surface area contributed by atoms with Crippen LogP contribution in [0.3, 0.4) is 0 Å². The van der Waals surface area contributed by atoms with Gasteiger partial charge in [0, 0.05) is 17.4 Å². The lowest BCUT2D eigenvalue weighted by molar-refractivity contribution is -0.182. The molecule has 23 heavy (non-hydrogen) atoms. The third kappa shape index (κ3) is 6.43. The Labute approximate surface area is 138 Å². The molecular formula is C13H10ClF3N2O3S. The molecule has 0 saturated heterocycles. The summed E-state index contributed by atoms with van der Waals surface area (Å²) >= 11 is 6.76. The number of thioether (sulfide) groups is 1. The number of hydrogen-bond acceptors (Lipinski definition) is 6. The molecule has 0 bridgehead atoms. The molecule has 1 N–H and O–H groups in total. The largest absolute Gasteiger partial charge is 0.419 e. The van der Waals surface area contributed by atoms with Crippen molar-refractivity contribution in [3.63, 3.8) is 0 Å². The molecule has 0 aliphatic heterocycles. The van der Waals surface area contributed by atoms with Crippen LogP contribution < -0.4 is 0 Å². The van der Waals surface area contributed by atoms with E-state index in [4.69, 9.17) is 16.9 Å². The summed E-state index contributed by atoms with van der Waals surface area (Å²) in [4.78, 5) is 21.1. The lowest BCUT2D eigenvalue weighted by Gasteiger charge is -2.04. The van der Waals surface area contributed by atoms with Crippen molar-refractivity contribution in [3.05, 3.63) is 52.8 Å². The van der Waals surface area contributed by atoms with Crippen molar-refractivity contribution in [2.24, 2.45) is 0 Å². The van der Waals surface area contributed by atoms with Crippen LogP contribution in [-0.4, -0.2) is 27.5 Å². The van der Waals surface area contributed by atoms with E-state index in [-0.39, 0.29) is 5.56 Å². The highest BCUT2D eigenvalue weighted by Gasteiger charge is 2.31. The van der Waals surface area contributed by atoms with Gasteiger partial charge in [0.2, 0.25) is 0 Å². The number of rotatable bonds is 2. The molecule has 0 spiro atoms. The van der Waals surface area contributed by atoms with E-state index in [2.05, 4.69) is 14.9 Å². The van der Waals surface area contributed by atoms with Gasteiger partial charge in [-0.05, 0) is 24.5 Å². The number of benzene rings is 1. The fourth-order valence-electron chi connectivity index (χ4n) is 1.24. The number of nitrogens with zero attached hydrogens (tertiary/aromatic N) is 2. The molecule has 0 atom stereocenters. The van der Waals surface area contributed by atoms with Gasteiger partial charge >= 0.3 is 12.1 Å². The predicted molar refractivity (Wildman–Crippen MR) is 78.3 cm³/mol. The van der Waals surface area contributed by atoms with E-state index in [1.807, 2.05) is 0 Å². The Morgan fingerprint density at radius 1 is 1.30 bits per heavy atom. The Balaban J connectivity index is 0.000000231. The average Bonchev–Trinajstić information content (AvgIpc) is 2.54. The summed E-state index contributed by atoms with van der Waals surface area (Å²) in [5, 5.41) is 8.75. The maximum absolute atomic E-state index is 11.9. The molecule has 0 amide bonds. The van der Waals surface area contributed by atoms with Crippen LogP contribution >= 0.6 is 23.4 Å². The van der Waals surface area contributed by atoms with Crippen LogP contribution in [0.1, 0.15) is 15.9 Å². The van der Waals surface area contributed by atoms with Crippen molar-refractivity contribution in [1.29, 1.82) is 0 Å². The first-order valence-electron chi connectivity index (χ1n) is 5.82. The SMILES string of the molecule is CSc1ncc(C(F)(F)F)cn1.O=C(OO)c1cccc(Cl)c1. The van der Waals surface area contributed by atoms with Crippen LogP contribution in [0.5, 0.6) is 0 Å². The van der Waals surface area contributed by atoms with Gasteiger partial charge in [-0.25, -0.2) is 14.8 Å². The van der Waals surface area contributed by atoms with Gasteiger partial charge in [0.25, 0.3) is 0 Å². The highest BCUT2D eigenvalue weighted by molar-refractivity contribution is 7.98. The first-order valence-corrected chi connectivity index (χ1v) is 7.42. The minimum atomic E-state index is -4.35. The highest BCUT2D eigenvalue weighted by atomic mass is 35.5. The van der Waals surface area contributed by atoms with Crippen LogP contribution in [0.4, 0.5) is 13.2 Å². The van der Waals surface area contributed by atoms with E-state index in [9.17, 15) is 18.0 Å². The Bertz CT molecular complexity index is 654. The molecule has 2 rings (SSSR count). The zero-order valence-corrected chi connectivity index (χ0v) is 13.1. The molecule has 0 unspecified atom stereocenters. The second kappa shape index (κ2) is 8.70. The third-order valence-electron chi connectivity index (χ3n) is 2.28. The summed E-state index contributed by atoms with van der Waals surface area (Å²) in [7, 11) is 0. The number of carbonyl (C=O) groups excluding carboxylic acids is 1. The van der Waals surface area contributed by atoms with Gasteiger partial charge < -0.3 is 0 Å². The first-order chi connectivity index (χ1) is 10.8. The molecule has 124 valence electrons. The van der Waals surface area contributed by atoms with Crippen molar-refractivity contribution in [1.82, 2.24) is 9.97 Å². The topological polar surface area (TPSA) is 72.3 Å². The summed E-state index contributed by atoms with van der Waals surface area (Å²) in [6.45, 7) is 0. The fourth-order valence-corrected chi connectivity index (χ4v) is 1.74. The molecule has 0 aliphatic carbocycles.